The van der Waals surface area contributed by atoms with Crippen LogP contribution in [-0.4, -0.2) is 39.6 Å². The normalized spacial score (nSPS) is 11.9. The van der Waals surface area contributed by atoms with Crippen molar-refractivity contribution in [2.75, 3.05) is 20.6 Å². The van der Waals surface area contributed by atoms with E-state index in [1.54, 1.807) is 7.05 Å². The van der Waals surface area contributed by atoms with Gasteiger partial charge in [0.05, 0.1) is 5.75 Å². The molecule has 9 heteroatoms. The highest BCUT2D eigenvalue weighted by Gasteiger charge is 2.08. The Labute approximate surface area is 201 Å². The molecule has 3 aromatic rings. The van der Waals surface area contributed by atoms with E-state index in [1.165, 1.54) is 18.0 Å². The van der Waals surface area contributed by atoms with Crippen LogP contribution in [0.2, 0.25) is 0 Å². The molecule has 0 bridgehead atoms. The van der Waals surface area contributed by atoms with Crippen LogP contribution in [0, 0.1) is 0 Å². The van der Waals surface area contributed by atoms with Gasteiger partial charge in [-0.15, -0.1) is 24.0 Å². The highest BCUT2D eigenvalue weighted by Crippen LogP contribution is 2.15. The summed E-state index contributed by atoms with van der Waals surface area (Å²) in [6.45, 7) is 2.36. The van der Waals surface area contributed by atoms with Crippen LogP contribution < -0.4 is 15.4 Å². The van der Waals surface area contributed by atoms with Gasteiger partial charge in [-0.3, -0.25) is 4.99 Å². The maximum absolute atomic E-state index is 11.6. The van der Waals surface area contributed by atoms with Gasteiger partial charge < -0.3 is 15.2 Å². The number of halogens is 1. The fourth-order valence-electron chi connectivity index (χ4n) is 3.24. The van der Waals surface area contributed by atoms with E-state index in [1.807, 2.05) is 24.3 Å². The van der Waals surface area contributed by atoms with Gasteiger partial charge in [-0.25, -0.2) is 13.1 Å². The predicted octanol–water partition coefficient (Wildman–Crippen LogP) is 3.06. The molecular weight excluding hydrogens is 525 g/mol. The van der Waals surface area contributed by atoms with Crippen molar-refractivity contribution in [3.8, 4) is 0 Å². The number of nitrogens with zero attached hydrogens (tertiary/aromatic N) is 2. The Morgan fingerprint density at radius 1 is 1.00 bits per heavy atom. The Balaban J connectivity index is 0.00000341. The first-order chi connectivity index (χ1) is 14.5. The Bertz CT molecular complexity index is 1090. The van der Waals surface area contributed by atoms with Crippen LogP contribution in [-0.2, 0) is 28.9 Å². The Hall–Kier alpha value is -2.11. The SMILES string of the molecule is CN=C(NCCCn1ccc2ccccc21)NCc1ccc(CS(=O)(=O)NC)cc1.I. The summed E-state index contributed by atoms with van der Waals surface area (Å²) in [5.74, 6) is 0.728. The first kappa shape index (κ1) is 25.2. The minimum atomic E-state index is -3.25. The average Bonchev–Trinajstić information content (AvgIpc) is 3.17. The molecule has 0 aliphatic carbocycles. The lowest BCUT2D eigenvalue weighted by Gasteiger charge is -2.13. The predicted molar refractivity (Wildman–Crippen MR) is 138 cm³/mol. The van der Waals surface area contributed by atoms with Crippen molar-refractivity contribution in [2.45, 2.75) is 25.3 Å². The number of sulfonamides is 1. The second-order valence-corrected chi connectivity index (χ2v) is 8.98. The topological polar surface area (TPSA) is 87.5 Å². The van der Waals surface area contributed by atoms with Crippen LogP contribution in [0.15, 0.2) is 65.8 Å². The maximum Gasteiger partial charge on any atom is 0.215 e. The van der Waals surface area contributed by atoms with Gasteiger partial charge in [-0.2, -0.15) is 0 Å². The number of rotatable bonds is 9. The lowest BCUT2D eigenvalue weighted by Crippen LogP contribution is -2.37. The van der Waals surface area contributed by atoms with Crippen molar-refractivity contribution in [1.29, 1.82) is 0 Å². The van der Waals surface area contributed by atoms with Gasteiger partial charge in [0.25, 0.3) is 0 Å². The highest BCUT2D eigenvalue weighted by molar-refractivity contribution is 14.0. The monoisotopic (exact) mass is 555 g/mol. The zero-order valence-corrected chi connectivity index (χ0v) is 21.0. The highest BCUT2D eigenvalue weighted by atomic mass is 127. The molecule has 7 nitrogen and oxygen atoms in total. The molecule has 31 heavy (non-hydrogen) atoms. The fraction of sp³-hybridized carbons (Fsp3) is 0.318. The third-order valence-corrected chi connectivity index (χ3v) is 6.26. The van der Waals surface area contributed by atoms with Crippen LogP contribution in [0.25, 0.3) is 10.9 Å². The van der Waals surface area contributed by atoms with Crippen molar-refractivity contribution in [1.82, 2.24) is 19.9 Å². The number of guanidine groups is 1. The summed E-state index contributed by atoms with van der Waals surface area (Å²) in [6, 6.07) is 18.1. The minimum Gasteiger partial charge on any atom is -0.356 e. The van der Waals surface area contributed by atoms with Crippen LogP contribution in [0.4, 0.5) is 0 Å². The van der Waals surface area contributed by atoms with Gasteiger partial charge in [0.15, 0.2) is 5.96 Å². The standard InChI is InChI=1S/C22H29N5O2S.HI/c1-23-22(25-13-5-14-27-15-12-20-6-3-4-7-21(20)27)26-16-18-8-10-19(11-9-18)17-30(28,29)24-2;/h3-4,6-12,15,24H,5,13-14,16-17H2,1-2H3,(H2,23,25,26);1H. The van der Waals surface area contributed by atoms with E-state index in [2.05, 4.69) is 61.4 Å². The van der Waals surface area contributed by atoms with Gasteiger partial charge in [0.1, 0.15) is 0 Å². The molecule has 0 atom stereocenters. The maximum atomic E-state index is 11.6. The summed E-state index contributed by atoms with van der Waals surface area (Å²) in [5, 5.41) is 7.89. The number of hydrogen-bond donors (Lipinski definition) is 3. The summed E-state index contributed by atoms with van der Waals surface area (Å²) in [6.07, 6.45) is 3.11. The van der Waals surface area contributed by atoms with Crippen LogP contribution in [0.5, 0.6) is 0 Å². The van der Waals surface area contributed by atoms with Crippen molar-refractivity contribution < 1.29 is 8.42 Å². The molecule has 0 saturated carbocycles. The Kier molecular flexibility index (Phi) is 9.79. The van der Waals surface area contributed by atoms with E-state index in [-0.39, 0.29) is 29.7 Å². The number of hydrogen-bond acceptors (Lipinski definition) is 3. The summed E-state index contributed by atoms with van der Waals surface area (Å²) in [7, 11) is -0.0790. The number of para-hydroxylation sites is 1. The molecule has 0 radical (unpaired) electrons. The second-order valence-electron chi connectivity index (χ2n) is 7.05. The summed E-state index contributed by atoms with van der Waals surface area (Å²) < 4.78 is 27.8. The number of aromatic nitrogens is 1. The molecule has 0 saturated heterocycles. The molecular formula is C22H30IN5O2S. The van der Waals surface area contributed by atoms with Crippen LogP contribution in [0.1, 0.15) is 17.5 Å². The van der Waals surface area contributed by atoms with Gasteiger partial charge in [0, 0.05) is 38.4 Å². The molecule has 0 spiro atoms. The van der Waals surface area contributed by atoms with E-state index in [0.717, 1.165) is 36.6 Å². The Morgan fingerprint density at radius 2 is 1.71 bits per heavy atom. The van der Waals surface area contributed by atoms with Gasteiger partial charge in [0.2, 0.25) is 10.0 Å². The number of fused-ring (bicyclic) bond motifs is 1. The van der Waals surface area contributed by atoms with Crippen LogP contribution in [0.3, 0.4) is 0 Å². The van der Waals surface area contributed by atoms with Gasteiger partial charge in [-0.05, 0) is 42.1 Å². The van der Waals surface area contributed by atoms with Gasteiger partial charge >= 0.3 is 0 Å². The number of aliphatic imine (C=N–C) groups is 1. The van der Waals surface area contributed by atoms with Crippen molar-refractivity contribution in [2.24, 2.45) is 4.99 Å². The largest absolute Gasteiger partial charge is 0.356 e. The number of nitrogens with one attached hydrogen (secondary N) is 3. The lowest BCUT2D eigenvalue weighted by molar-refractivity contribution is 0.587. The smallest absolute Gasteiger partial charge is 0.215 e. The van der Waals surface area contributed by atoms with E-state index in [4.69, 9.17) is 0 Å². The van der Waals surface area contributed by atoms with Crippen molar-refractivity contribution >= 4 is 50.9 Å². The fourth-order valence-corrected chi connectivity index (χ4v) is 4.02. The molecule has 2 aromatic carbocycles. The van der Waals surface area contributed by atoms with Crippen molar-refractivity contribution in [3.05, 3.63) is 71.9 Å². The van der Waals surface area contributed by atoms with Gasteiger partial charge in [-0.1, -0.05) is 42.5 Å². The quantitative estimate of drug-likeness (QED) is 0.164. The van der Waals surface area contributed by atoms with E-state index >= 15 is 0 Å². The number of benzene rings is 2. The molecule has 3 rings (SSSR count). The average molecular weight is 555 g/mol. The lowest BCUT2D eigenvalue weighted by atomic mass is 10.1. The zero-order chi connectivity index (χ0) is 21.4. The third-order valence-electron chi connectivity index (χ3n) is 4.92. The summed E-state index contributed by atoms with van der Waals surface area (Å²) >= 11 is 0. The minimum absolute atomic E-state index is 0. The Morgan fingerprint density at radius 3 is 2.42 bits per heavy atom. The van der Waals surface area contributed by atoms with E-state index < -0.39 is 10.0 Å². The third kappa shape index (κ3) is 7.51. The second kappa shape index (κ2) is 12.1. The van der Waals surface area contributed by atoms with Crippen LogP contribution >= 0.6 is 24.0 Å². The molecule has 0 unspecified atom stereocenters. The molecule has 1 heterocycles. The first-order valence-corrected chi connectivity index (χ1v) is 11.6. The molecule has 0 fully saturated rings. The molecule has 0 aliphatic rings. The molecule has 0 aliphatic heterocycles. The molecule has 3 N–H and O–H groups in total. The van der Waals surface area contributed by atoms with E-state index in [9.17, 15) is 8.42 Å². The molecule has 168 valence electrons. The van der Waals surface area contributed by atoms with E-state index in [0.29, 0.717) is 6.54 Å². The first-order valence-electron chi connectivity index (χ1n) is 9.98. The number of aryl methyl sites for hydroxylation is 1. The summed E-state index contributed by atoms with van der Waals surface area (Å²) in [4.78, 5) is 4.26. The molecule has 0 amide bonds. The zero-order valence-electron chi connectivity index (χ0n) is 17.8. The summed E-state index contributed by atoms with van der Waals surface area (Å²) in [5.41, 5.74) is 3.07. The molecule has 1 aromatic heterocycles. The van der Waals surface area contributed by atoms with Crippen molar-refractivity contribution in [3.63, 3.8) is 0 Å².